The van der Waals surface area contributed by atoms with E-state index in [0.29, 0.717) is 13.0 Å². The highest BCUT2D eigenvalue weighted by molar-refractivity contribution is 5.42. The van der Waals surface area contributed by atoms with Crippen molar-refractivity contribution in [3.8, 4) is 5.75 Å². The number of benzene rings is 2. The summed E-state index contributed by atoms with van der Waals surface area (Å²) in [5.74, 6) is 0.658. The number of nitrogens with two attached hydrogens (primary N) is 1. The van der Waals surface area contributed by atoms with Gasteiger partial charge in [0.2, 0.25) is 0 Å². The fourth-order valence-electron chi connectivity index (χ4n) is 2.86. The van der Waals surface area contributed by atoms with Crippen LogP contribution < -0.4 is 10.5 Å². The second-order valence-electron chi connectivity index (χ2n) is 5.50. The lowest BCUT2D eigenvalue weighted by Crippen LogP contribution is -2.43. The molecule has 1 aliphatic rings. The van der Waals surface area contributed by atoms with Crippen LogP contribution in [0.15, 0.2) is 42.5 Å². The van der Waals surface area contributed by atoms with E-state index in [4.69, 9.17) is 10.5 Å². The maximum Gasteiger partial charge on any atom is 0.124 e. The normalized spacial score (nSPS) is 21.1. The van der Waals surface area contributed by atoms with Crippen LogP contribution in [0.3, 0.4) is 0 Å². The Morgan fingerprint density at radius 1 is 1.25 bits per heavy atom. The van der Waals surface area contributed by atoms with Gasteiger partial charge in [-0.2, -0.15) is 0 Å². The predicted octanol–water partition coefficient (Wildman–Crippen LogP) is 3.31. The minimum atomic E-state index is -0.447. The van der Waals surface area contributed by atoms with Crippen molar-refractivity contribution in [2.75, 3.05) is 6.61 Å². The van der Waals surface area contributed by atoms with Crippen molar-refractivity contribution in [1.82, 2.24) is 0 Å². The molecule has 0 radical (unpaired) electrons. The van der Waals surface area contributed by atoms with E-state index in [9.17, 15) is 4.39 Å². The molecule has 3 heteroatoms. The maximum absolute atomic E-state index is 13.2. The first-order chi connectivity index (χ1) is 9.58. The third kappa shape index (κ3) is 2.29. The molecule has 0 spiro atoms. The summed E-state index contributed by atoms with van der Waals surface area (Å²) in [4.78, 5) is 0. The van der Waals surface area contributed by atoms with Crippen molar-refractivity contribution >= 4 is 0 Å². The van der Waals surface area contributed by atoms with Crippen LogP contribution in [-0.4, -0.2) is 6.61 Å². The molecule has 0 bridgehead atoms. The predicted molar refractivity (Wildman–Crippen MR) is 77.3 cm³/mol. The smallest absolute Gasteiger partial charge is 0.124 e. The Morgan fingerprint density at radius 3 is 2.85 bits per heavy atom. The standard InChI is InChI=1S/C17H18FNO/c1-12-10-14(18)7-6-13(12)11-17(19)8-9-20-16-5-3-2-4-15(16)17/h2-7,10H,8-9,11,19H2,1H3. The summed E-state index contributed by atoms with van der Waals surface area (Å²) in [5, 5.41) is 0. The number of rotatable bonds is 2. The Bertz CT molecular complexity index is 641. The Morgan fingerprint density at radius 2 is 2.05 bits per heavy atom. The van der Waals surface area contributed by atoms with Crippen LogP contribution in [0, 0.1) is 12.7 Å². The molecule has 3 rings (SSSR count). The van der Waals surface area contributed by atoms with Crippen LogP contribution in [0.5, 0.6) is 5.75 Å². The first-order valence-electron chi connectivity index (χ1n) is 6.85. The van der Waals surface area contributed by atoms with Gasteiger partial charge in [-0.05, 0) is 42.7 Å². The van der Waals surface area contributed by atoms with E-state index in [0.717, 1.165) is 28.9 Å². The average Bonchev–Trinajstić information content (AvgIpc) is 2.43. The topological polar surface area (TPSA) is 35.2 Å². The summed E-state index contributed by atoms with van der Waals surface area (Å²) in [7, 11) is 0. The molecule has 0 saturated carbocycles. The van der Waals surface area contributed by atoms with Gasteiger partial charge in [-0.1, -0.05) is 24.3 Å². The third-order valence-electron chi connectivity index (χ3n) is 4.04. The van der Waals surface area contributed by atoms with Crippen molar-refractivity contribution in [3.05, 3.63) is 65.0 Å². The van der Waals surface area contributed by atoms with Gasteiger partial charge < -0.3 is 10.5 Å². The highest BCUT2D eigenvalue weighted by Crippen LogP contribution is 2.37. The zero-order valence-electron chi connectivity index (χ0n) is 11.5. The molecule has 2 aromatic rings. The summed E-state index contributed by atoms with van der Waals surface area (Å²) >= 11 is 0. The summed E-state index contributed by atoms with van der Waals surface area (Å²) < 4.78 is 18.9. The largest absolute Gasteiger partial charge is 0.493 e. The van der Waals surface area contributed by atoms with E-state index in [1.54, 1.807) is 6.07 Å². The van der Waals surface area contributed by atoms with E-state index in [1.807, 2.05) is 37.3 Å². The number of fused-ring (bicyclic) bond motifs is 1. The van der Waals surface area contributed by atoms with Crippen molar-refractivity contribution in [1.29, 1.82) is 0 Å². The fraction of sp³-hybridized carbons (Fsp3) is 0.294. The summed E-state index contributed by atoms with van der Waals surface area (Å²) in [6.07, 6.45) is 1.46. The summed E-state index contributed by atoms with van der Waals surface area (Å²) in [5.41, 5.74) is 9.26. The number of hydrogen-bond donors (Lipinski definition) is 1. The second-order valence-corrected chi connectivity index (χ2v) is 5.50. The van der Waals surface area contributed by atoms with Gasteiger partial charge in [0, 0.05) is 12.0 Å². The molecule has 0 amide bonds. The zero-order chi connectivity index (χ0) is 14.2. The summed E-state index contributed by atoms with van der Waals surface area (Å²) in [6.45, 7) is 2.54. The lowest BCUT2D eigenvalue weighted by atomic mass is 9.79. The van der Waals surface area contributed by atoms with E-state index in [-0.39, 0.29) is 5.82 Å². The van der Waals surface area contributed by atoms with Gasteiger partial charge in [-0.15, -0.1) is 0 Å². The average molecular weight is 271 g/mol. The van der Waals surface area contributed by atoms with Crippen LogP contribution in [0.25, 0.3) is 0 Å². The molecule has 2 N–H and O–H groups in total. The van der Waals surface area contributed by atoms with Gasteiger partial charge in [0.05, 0.1) is 12.1 Å². The summed E-state index contributed by atoms with van der Waals surface area (Å²) in [6, 6.07) is 12.8. The van der Waals surface area contributed by atoms with Gasteiger partial charge in [0.15, 0.2) is 0 Å². The monoisotopic (exact) mass is 271 g/mol. The highest BCUT2D eigenvalue weighted by atomic mass is 19.1. The third-order valence-corrected chi connectivity index (χ3v) is 4.04. The van der Waals surface area contributed by atoms with Crippen molar-refractivity contribution < 1.29 is 9.13 Å². The molecule has 0 fully saturated rings. The van der Waals surface area contributed by atoms with E-state index >= 15 is 0 Å². The number of ether oxygens (including phenoxy) is 1. The number of halogens is 1. The van der Waals surface area contributed by atoms with E-state index in [1.165, 1.54) is 6.07 Å². The van der Waals surface area contributed by atoms with Crippen molar-refractivity contribution in [3.63, 3.8) is 0 Å². The van der Waals surface area contributed by atoms with Crippen LogP contribution in [-0.2, 0) is 12.0 Å². The van der Waals surface area contributed by atoms with Gasteiger partial charge >= 0.3 is 0 Å². The second kappa shape index (κ2) is 4.91. The molecule has 1 unspecified atom stereocenters. The molecule has 1 atom stereocenters. The molecular formula is C17H18FNO. The Kier molecular flexibility index (Phi) is 3.22. The lowest BCUT2D eigenvalue weighted by molar-refractivity contribution is 0.215. The van der Waals surface area contributed by atoms with Crippen LogP contribution >= 0.6 is 0 Å². The van der Waals surface area contributed by atoms with Crippen LogP contribution in [0.1, 0.15) is 23.1 Å². The van der Waals surface area contributed by atoms with Crippen molar-refractivity contribution in [2.24, 2.45) is 5.73 Å². The number of hydrogen-bond acceptors (Lipinski definition) is 2. The molecule has 0 saturated heterocycles. The van der Waals surface area contributed by atoms with E-state index in [2.05, 4.69) is 0 Å². The number of aryl methyl sites for hydroxylation is 1. The van der Waals surface area contributed by atoms with Crippen molar-refractivity contribution in [2.45, 2.75) is 25.3 Å². The molecule has 1 aliphatic heterocycles. The van der Waals surface area contributed by atoms with Gasteiger partial charge in [-0.3, -0.25) is 0 Å². The SMILES string of the molecule is Cc1cc(F)ccc1CC1(N)CCOc2ccccc21. The van der Waals surface area contributed by atoms with E-state index < -0.39 is 5.54 Å². The van der Waals surface area contributed by atoms with Crippen LogP contribution in [0.2, 0.25) is 0 Å². The molecule has 0 aliphatic carbocycles. The van der Waals surface area contributed by atoms with Gasteiger partial charge in [-0.25, -0.2) is 4.39 Å². The minimum Gasteiger partial charge on any atom is -0.493 e. The number of para-hydroxylation sites is 1. The Labute approximate surface area is 118 Å². The van der Waals surface area contributed by atoms with Gasteiger partial charge in [0.1, 0.15) is 11.6 Å². The molecule has 104 valence electrons. The Balaban J connectivity index is 1.98. The first kappa shape index (κ1) is 13.1. The fourth-order valence-corrected chi connectivity index (χ4v) is 2.86. The maximum atomic E-state index is 13.2. The molecular weight excluding hydrogens is 253 g/mol. The van der Waals surface area contributed by atoms with Gasteiger partial charge in [0.25, 0.3) is 0 Å². The molecule has 2 aromatic carbocycles. The first-order valence-corrected chi connectivity index (χ1v) is 6.85. The molecule has 1 heterocycles. The zero-order valence-corrected chi connectivity index (χ0v) is 11.5. The van der Waals surface area contributed by atoms with Crippen LogP contribution in [0.4, 0.5) is 4.39 Å². The quantitative estimate of drug-likeness (QED) is 0.909. The molecule has 20 heavy (non-hydrogen) atoms. The molecule has 2 nitrogen and oxygen atoms in total. The lowest BCUT2D eigenvalue weighted by Gasteiger charge is -2.36. The Hall–Kier alpha value is -1.87. The highest BCUT2D eigenvalue weighted by Gasteiger charge is 2.34. The minimum absolute atomic E-state index is 0.204. The molecule has 0 aromatic heterocycles.